The van der Waals surface area contributed by atoms with Gasteiger partial charge in [-0.15, -0.1) is 0 Å². The van der Waals surface area contributed by atoms with Crippen molar-refractivity contribution in [2.45, 2.75) is 70.3 Å². The number of amides is 1. The molecule has 2 aliphatic heterocycles. The van der Waals surface area contributed by atoms with E-state index in [1.165, 1.54) is 25.7 Å². The Morgan fingerprint density at radius 3 is 2.63 bits per heavy atom. The molecule has 6 heteroatoms. The minimum absolute atomic E-state index is 0.0246. The Morgan fingerprint density at radius 1 is 1.15 bits per heavy atom. The zero-order valence-corrected chi connectivity index (χ0v) is 16.5. The lowest BCUT2D eigenvalue weighted by Crippen LogP contribution is -2.39. The number of hydrogen-bond donors (Lipinski definition) is 1. The second-order valence-electron chi connectivity index (χ2n) is 8.71. The fourth-order valence-electron chi connectivity index (χ4n) is 4.96. The second kappa shape index (κ2) is 8.13. The smallest absolute Gasteiger partial charge is 0.255 e. The van der Waals surface area contributed by atoms with E-state index in [1.807, 2.05) is 11.9 Å². The molecule has 3 heterocycles. The average molecular weight is 373 g/mol. The highest BCUT2D eigenvalue weighted by Gasteiger charge is 2.27. The van der Waals surface area contributed by atoms with E-state index in [-0.39, 0.29) is 11.5 Å². The van der Waals surface area contributed by atoms with Crippen LogP contribution in [0.15, 0.2) is 4.79 Å². The van der Waals surface area contributed by atoms with Gasteiger partial charge in [0, 0.05) is 44.9 Å². The number of carbonyl (C=O) groups is 1. The Balaban J connectivity index is 1.33. The van der Waals surface area contributed by atoms with Gasteiger partial charge < -0.3 is 14.8 Å². The molecular weight excluding hydrogens is 340 g/mol. The van der Waals surface area contributed by atoms with E-state index in [0.29, 0.717) is 18.9 Å². The van der Waals surface area contributed by atoms with Crippen molar-refractivity contribution in [3.63, 3.8) is 0 Å². The highest BCUT2D eigenvalue weighted by molar-refractivity contribution is 5.76. The number of likely N-dealkylation sites (N-methyl/N-ethyl adjacent to an activating group) is 1. The summed E-state index contributed by atoms with van der Waals surface area (Å²) in [6.45, 7) is 3.22. The van der Waals surface area contributed by atoms with Gasteiger partial charge in [-0.1, -0.05) is 25.7 Å². The van der Waals surface area contributed by atoms with E-state index < -0.39 is 0 Å². The maximum absolute atomic E-state index is 12.5. The van der Waals surface area contributed by atoms with Crippen molar-refractivity contribution in [1.82, 2.24) is 19.8 Å². The van der Waals surface area contributed by atoms with E-state index in [4.69, 9.17) is 4.98 Å². The molecule has 1 aliphatic carbocycles. The highest BCUT2D eigenvalue weighted by atomic mass is 16.2. The summed E-state index contributed by atoms with van der Waals surface area (Å²) in [5, 5.41) is 0. The van der Waals surface area contributed by atoms with Gasteiger partial charge in [-0.05, 0) is 32.2 Å². The van der Waals surface area contributed by atoms with E-state index in [0.717, 1.165) is 68.3 Å². The van der Waals surface area contributed by atoms with Crippen LogP contribution in [0.2, 0.25) is 0 Å². The fourth-order valence-corrected chi connectivity index (χ4v) is 4.96. The van der Waals surface area contributed by atoms with Crippen LogP contribution in [0, 0.1) is 5.92 Å². The van der Waals surface area contributed by atoms with Crippen LogP contribution in [0.3, 0.4) is 0 Å². The summed E-state index contributed by atoms with van der Waals surface area (Å²) in [4.78, 5) is 37.0. The highest BCUT2D eigenvalue weighted by Crippen LogP contribution is 2.30. The Hall–Kier alpha value is -1.69. The van der Waals surface area contributed by atoms with Crippen molar-refractivity contribution in [2.24, 2.45) is 5.92 Å². The number of aromatic amines is 1. The Morgan fingerprint density at radius 2 is 1.89 bits per heavy atom. The number of likely N-dealkylation sites (tertiary alicyclic amines) is 1. The standard InChI is InChI=1S/C21H32N4O2/c1-24-11-10-18-17(14-24)21(27)23-20(22-18)16-8-12-25(13-9-16)19(26)7-6-15-4-2-3-5-15/h15-16H,2-14H2,1H3,(H,22,23,27). The average Bonchev–Trinajstić information content (AvgIpc) is 3.20. The maximum atomic E-state index is 12.5. The van der Waals surface area contributed by atoms with Crippen molar-refractivity contribution in [1.29, 1.82) is 0 Å². The number of aromatic nitrogens is 2. The molecule has 1 N–H and O–H groups in total. The van der Waals surface area contributed by atoms with Crippen LogP contribution in [-0.4, -0.2) is 52.4 Å². The number of H-pyrrole nitrogens is 1. The predicted molar refractivity (Wildman–Crippen MR) is 105 cm³/mol. The third kappa shape index (κ3) is 4.26. The van der Waals surface area contributed by atoms with Gasteiger partial charge in [-0.3, -0.25) is 9.59 Å². The lowest BCUT2D eigenvalue weighted by molar-refractivity contribution is -0.132. The minimum Gasteiger partial charge on any atom is -0.343 e. The third-order valence-electron chi connectivity index (χ3n) is 6.75. The van der Waals surface area contributed by atoms with Gasteiger partial charge in [-0.25, -0.2) is 4.98 Å². The van der Waals surface area contributed by atoms with Crippen LogP contribution in [0.4, 0.5) is 0 Å². The number of nitrogens with zero attached hydrogens (tertiary/aromatic N) is 3. The summed E-state index contributed by atoms with van der Waals surface area (Å²) >= 11 is 0. The first-order valence-corrected chi connectivity index (χ1v) is 10.7. The quantitative estimate of drug-likeness (QED) is 0.881. The van der Waals surface area contributed by atoms with Gasteiger partial charge in [0.05, 0.1) is 11.3 Å². The van der Waals surface area contributed by atoms with Crippen LogP contribution in [0.25, 0.3) is 0 Å². The van der Waals surface area contributed by atoms with Gasteiger partial charge >= 0.3 is 0 Å². The molecule has 1 aromatic rings. The molecule has 3 aliphatic rings. The van der Waals surface area contributed by atoms with Crippen LogP contribution < -0.4 is 5.56 Å². The first-order chi connectivity index (χ1) is 13.1. The molecule has 1 amide bonds. The first-order valence-electron chi connectivity index (χ1n) is 10.7. The van der Waals surface area contributed by atoms with Crippen molar-refractivity contribution in [3.8, 4) is 0 Å². The lowest BCUT2D eigenvalue weighted by atomic mass is 9.94. The van der Waals surface area contributed by atoms with E-state index >= 15 is 0 Å². The van der Waals surface area contributed by atoms with E-state index in [2.05, 4.69) is 9.88 Å². The molecule has 1 saturated heterocycles. The van der Waals surface area contributed by atoms with E-state index in [9.17, 15) is 9.59 Å². The van der Waals surface area contributed by atoms with Gasteiger partial charge in [0.15, 0.2) is 0 Å². The summed E-state index contributed by atoms with van der Waals surface area (Å²) in [5.41, 5.74) is 1.82. The molecule has 0 radical (unpaired) electrons. The normalized spacial score (nSPS) is 22.2. The number of piperidine rings is 1. The summed E-state index contributed by atoms with van der Waals surface area (Å²) in [7, 11) is 2.04. The van der Waals surface area contributed by atoms with Crippen molar-refractivity contribution in [2.75, 3.05) is 26.7 Å². The van der Waals surface area contributed by atoms with Crippen molar-refractivity contribution in [3.05, 3.63) is 27.4 Å². The topological polar surface area (TPSA) is 69.3 Å². The molecule has 0 bridgehead atoms. The number of rotatable bonds is 4. The van der Waals surface area contributed by atoms with Crippen molar-refractivity contribution >= 4 is 5.91 Å². The summed E-state index contributed by atoms with van der Waals surface area (Å²) in [6, 6.07) is 0. The first kappa shape index (κ1) is 18.7. The number of fused-ring (bicyclic) bond motifs is 1. The number of carbonyl (C=O) groups excluding carboxylic acids is 1. The van der Waals surface area contributed by atoms with Crippen LogP contribution in [0.1, 0.15) is 74.4 Å². The fraction of sp³-hybridized carbons (Fsp3) is 0.762. The Labute approximate surface area is 161 Å². The zero-order chi connectivity index (χ0) is 18.8. The molecule has 0 unspecified atom stereocenters. The molecule has 1 saturated carbocycles. The molecule has 0 atom stereocenters. The van der Waals surface area contributed by atoms with E-state index in [1.54, 1.807) is 0 Å². The molecule has 6 nitrogen and oxygen atoms in total. The van der Waals surface area contributed by atoms with Crippen LogP contribution in [0.5, 0.6) is 0 Å². The summed E-state index contributed by atoms with van der Waals surface area (Å²) in [6.07, 6.45) is 9.71. The SMILES string of the molecule is CN1CCc2nc(C3CCN(C(=O)CCC4CCCC4)CC3)[nH]c(=O)c2C1. The molecule has 0 spiro atoms. The van der Waals surface area contributed by atoms with Crippen molar-refractivity contribution < 1.29 is 4.79 Å². The van der Waals surface area contributed by atoms with Gasteiger partial charge in [0.25, 0.3) is 5.56 Å². The summed E-state index contributed by atoms with van der Waals surface area (Å²) in [5.74, 6) is 2.19. The predicted octanol–water partition coefficient (Wildman–Crippen LogP) is 2.43. The van der Waals surface area contributed by atoms with Gasteiger partial charge in [0.1, 0.15) is 5.82 Å². The van der Waals surface area contributed by atoms with Gasteiger partial charge in [0.2, 0.25) is 5.91 Å². The molecule has 148 valence electrons. The van der Waals surface area contributed by atoms with Crippen LogP contribution in [-0.2, 0) is 17.8 Å². The number of hydrogen-bond acceptors (Lipinski definition) is 4. The Kier molecular flexibility index (Phi) is 5.62. The monoisotopic (exact) mass is 372 g/mol. The molecule has 27 heavy (non-hydrogen) atoms. The lowest BCUT2D eigenvalue weighted by Gasteiger charge is -2.32. The third-order valence-corrected chi connectivity index (χ3v) is 6.75. The molecule has 4 rings (SSSR count). The Bertz CT molecular complexity index is 730. The molecular formula is C21H32N4O2. The molecule has 1 aromatic heterocycles. The second-order valence-corrected chi connectivity index (χ2v) is 8.71. The molecule has 0 aromatic carbocycles. The zero-order valence-electron chi connectivity index (χ0n) is 16.5. The van der Waals surface area contributed by atoms with Gasteiger partial charge in [-0.2, -0.15) is 0 Å². The minimum atomic E-state index is 0.0246. The number of nitrogens with one attached hydrogen (secondary N) is 1. The van der Waals surface area contributed by atoms with Crippen LogP contribution >= 0.6 is 0 Å². The molecule has 2 fully saturated rings. The maximum Gasteiger partial charge on any atom is 0.255 e. The summed E-state index contributed by atoms with van der Waals surface area (Å²) < 4.78 is 0. The largest absolute Gasteiger partial charge is 0.343 e.